The normalized spacial score (nSPS) is 13.4. The molecule has 2 aromatic carbocycles. The van der Waals surface area contributed by atoms with Crippen molar-refractivity contribution < 1.29 is 0 Å². The standard InChI is InChI=1S/C23H27N3S/c24-23(27)22-12-20(16-25-14-18-7-3-1-4-8-18)11-21(13-22)17-26-15-19-9-5-2-6-10-19/h1,3-5,7-13,25-26H,2,6,14-17H2,(H2,24,27). The largest absolute Gasteiger partial charge is 0.389 e. The Morgan fingerprint density at radius 2 is 1.52 bits per heavy atom. The van der Waals surface area contributed by atoms with Gasteiger partial charge in [0.15, 0.2) is 0 Å². The van der Waals surface area contributed by atoms with E-state index in [-0.39, 0.29) is 0 Å². The summed E-state index contributed by atoms with van der Waals surface area (Å²) in [6.45, 7) is 3.31. The molecular formula is C23H27N3S. The van der Waals surface area contributed by atoms with E-state index in [2.05, 4.69) is 71.3 Å². The number of benzene rings is 2. The lowest BCUT2D eigenvalue weighted by atomic mass is 10.0. The Morgan fingerprint density at radius 1 is 0.852 bits per heavy atom. The van der Waals surface area contributed by atoms with Gasteiger partial charge in [-0.3, -0.25) is 0 Å². The lowest BCUT2D eigenvalue weighted by molar-refractivity contribution is 0.690. The van der Waals surface area contributed by atoms with Gasteiger partial charge in [0.05, 0.1) is 0 Å². The molecule has 0 aromatic heterocycles. The van der Waals surface area contributed by atoms with Gasteiger partial charge in [-0.1, -0.05) is 66.8 Å². The number of allylic oxidation sites excluding steroid dienone is 2. The summed E-state index contributed by atoms with van der Waals surface area (Å²) in [5, 5.41) is 7.02. The SMILES string of the molecule is NC(=S)c1cc(CNCC2=CCCC=C2)cc(CNCc2ccccc2)c1. The summed E-state index contributed by atoms with van der Waals surface area (Å²) in [6.07, 6.45) is 9.04. The molecule has 0 bridgehead atoms. The van der Waals surface area contributed by atoms with E-state index in [1.165, 1.54) is 22.3 Å². The van der Waals surface area contributed by atoms with Crippen molar-refractivity contribution >= 4 is 17.2 Å². The number of nitrogens with one attached hydrogen (secondary N) is 2. The smallest absolute Gasteiger partial charge is 0.104 e. The first-order valence-electron chi connectivity index (χ1n) is 9.44. The Morgan fingerprint density at radius 3 is 2.15 bits per heavy atom. The van der Waals surface area contributed by atoms with Crippen molar-refractivity contribution in [3.63, 3.8) is 0 Å². The molecule has 27 heavy (non-hydrogen) atoms. The summed E-state index contributed by atoms with van der Waals surface area (Å²) < 4.78 is 0. The van der Waals surface area contributed by atoms with E-state index in [4.69, 9.17) is 18.0 Å². The van der Waals surface area contributed by atoms with E-state index in [1.807, 2.05) is 6.07 Å². The Bertz CT molecular complexity index is 825. The van der Waals surface area contributed by atoms with Crippen LogP contribution >= 0.6 is 12.2 Å². The maximum Gasteiger partial charge on any atom is 0.104 e. The number of thiocarbonyl (C=S) groups is 1. The first kappa shape index (κ1) is 19.5. The molecule has 3 nitrogen and oxygen atoms in total. The van der Waals surface area contributed by atoms with Crippen LogP contribution in [0.1, 0.15) is 35.1 Å². The lowest BCUT2D eigenvalue weighted by Crippen LogP contribution is -2.19. The maximum absolute atomic E-state index is 5.89. The van der Waals surface area contributed by atoms with Crippen LogP contribution in [0, 0.1) is 0 Å². The van der Waals surface area contributed by atoms with E-state index in [0.717, 1.165) is 44.6 Å². The monoisotopic (exact) mass is 377 g/mol. The zero-order valence-corrected chi connectivity index (χ0v) is 16.4. The third-order valence-electron chi connectivity index (χ3n) is 4.57. The van der Waals surface area contributed by atoms with E-state index < -0.39 is 0 Å². The molecule has 4 heteroatoms. The van der Waals surface area contributed by atoms with Crippen LogP contribution in [0.2, 0.25) is 0 Å². The Kier molecular flexibility index (Phi) is 7.34. The molecular weight excluding hydrogens is 350 g/mol. The Labute approximate surface area is 167 Å². The quantitative estimate of drug-likeness (QED) is 0.579. The highest BCUT2D eigenvalue weighted by atomic mass is 32.1. The fourth-order valence-corrected chi connectivity index (χ4v) is 3.32. The average molecular weight is 378 g/mol. The first-order chi connectivity index (χ1) is 13.2. The number of hydrogen-bond donors (Lipinski definition) is 3. The molecule has 140 valence electrons. The minimum absolute atomic E-state index is 0.444. The Balaban J connectivity index is 1.58. The molecule has 1 aliphatic carbocycles. The molecule has 0 aliphatic heterocycles. The third-order valence-corrected chi connectivity index (χ3v) is 4.80. The summed E-state index contributed by atoms with van der Waals surface area (Å²) in [5.74, 6) is 0. The fourth-order valence-electron chi connectivity index (χ4n) is 3.21. The van der Waals surface area contributed by atoms with Crippen molar-refractivity contribution in [3.8, 4) is 0 Å². The molecule has 0 amide bonds. The second kappa shape index (κ2) is 10.2. The maximum atomic E-state index is 5.89. The zero-order valence-electron chi connectivity index (χ0n) is 15.6. The van der Waals surface area contributed by atoms with Crippen LogP contribution in [0.5, 0.6) is 0 Å². The highest BCUT2D eigenvalue weighted by Crippen LogP contribution is 2.13. The number of rotatable bonds is 9. The molecule has 1 aliphatic rings. The van der Waals surface area contributed by atoms with Gasteiger partial charge in [-0.05, 0) is 47.2 Å². The van der Waals surface area contributed by atoms with Crippen molar-refractivity contribution in [2.45, 2.75) is 32.5 Å². The molecule has 0 spiro atoms. The lowest BCUT2D eigenvalue weighted by Gasteiger charge is -2.12. The topological polar surface area (TPSA) is 50.1 Å². The van der Waals surface area contributed by atoms with Gasteiger partial charge in [-0.15, -0.1) is 0 Å². The second-order valence-electron chi connectivity index (χ2n) is 6.85. The molecule has 0 heterocycles. The minimum atomic E-state index is 0.444. The van der Waals surface area contributed by atoms with Crippen LogP contribution in [0.25, 0.3) is 0 Å². The van der Waals surface area contributed by atoms with Gasteiger partial charge in [0.1, 0.15) is 4.99 Å². The molecule has 4 N–H and O–H groups in total. The van der Waals surface area contributed by atoms with Gasteiger partial charge in [0.25, 0.3) is 0 Å². The zero-order chi connectivity index (χ0) is 18.9. The van der Waals surface area contributed by atoms with Gasteiger partial charge in [-0.2, -0.15) is 0 Å². The van der Waals surface area contributed by atoms with Gasteiger partial charge in [-0.25, -0.2) is 0 Å². The predicted octanol–water partition coefficient (Wildman–Crippen LogP) is 3.98. The molecule has 0 fully saturated rings. The molecule has 0 radical (unpaired) electrons. The van der Waals surface area contributed by atoms with Gasteiger partial charge in [0.2, 0.25) is 0 Å². The van der Waals surface area contributed by atoms with Crippen LogP contribution in [0.4, 0.5) is 0 Å². The molecule has 0 atom stereocenters. The minimum Gasteiger partial charge on any atom is -0.389 e. The fraction of sp³-hybridized carbons (Fsp3) is 0.261. The van der Waals surface area contributed by atoms with Crippen LogP contribution in [-0.4, -0.2) is 11.5 Å². The molecule has 3 rings (SSSR count). The van der Waals surface area contributed by atoms with Gasteiger partial charge >= 0.3 is 0 Å². The Hall–Kier alpha value is -2.27. The van der Waals surface area contributed by atoms with E-state index in [9.17, 15) is 0 Å². The highest BCUT2D eigenvalue weighted by Gasteiger charge is 2.05. The van der Waals surface area contributed by atoms with Gasteiger partial charge in [0, 0.05) is 31.7 Å². The van der Waals surface area contributed by atoms with E-state index in [1.54, 1.807) is 0 Å². The van der Waals surface area contributed by atoms with E-state index in [0.29, 0.717) is 4.99 Å². The van der Waals surface area contributed by atoms with Crippen LogP contribution in [-0.2, 0) is 19.6 Å². The predicted molar refractivity (Wildman–Crippen MR) is 117 cm³/mol. The molecule has 0 saturated heterocycles. The molecule has 0 unspecified atom stereocenters. The number of nitrogens with two attached hydrogens (primary N) is 1. The summed E-state index contributed by atoms with van der Waals surface area (Å²) in [6, 6.07) is 16.8. The van der Waals surface area contributed by atoms with Crippen LogP contribution in [0.3, 0.4) is 0 Å². The van der Waals surface area contributed by atoms with Crippen molar-refractivity contribution in [2.24, 2.45) is 5.73 Å². The van der Waals surface area contributed by atoms with Crippen LogP contribution < -0.4 is 16.4 Å². The van der Waals surface area contributed by atoms with Crippen molar-refractivity contribution in [1.82, 2.24) is 10.6 Å². The second-order valence-corrected chi connectivity index (χ2v) is 7.29. The third kappa shape index (κ3) is 6.43. The first-order valence-corrected chi connectivity index (χ1v) is 9.85. The molecule has 2 aromatic rings. The molecule has 0 saturated carbocycles. The summed E-state index contributed by atoms with van der Waals surface area (Å²) in [4.78, 5) is 0.444. The summed E-state index contributed by atoms with van der Waals surface area (Å²) in [5.41, 5.74) is 11.9. The van der Waals surface area contributed by atoms with Crippen LogP contribution in [0.15, 0.2) is 72.3 Å². The number of hydrogen-bond acceptors (Lipinski definition) is 3. The van der Waals surface area contributed by atoms with E-state index >= 15 is 0 Å². The van der Waals surface area contributed by atoms with Gasteiger partial charge < -0.3 is 16.4 Å². The average Bonchev–Trinajstić information content (AvgIpc) is 2.69. The van der Waals surface area contributed by atoms with Crippen molar-refractivity contribution in [3.05, 3.63) is 94.6 Å². The highest BCUT2D eigenvalue weighted by molar-refractivity contribution is 7.80. The van der Waals surface area contributed by atoms with Crippen molar-refractivity contribution in [2.75, 3.05) is 6.54 Å². The summed E-state index contributed by atoms with van der Waals surface area (Å²) >= 11 is 5.20. The van der Waals surface area contributed by atoms with Crippen molar-refractivity contribution in [1.29, 1.82) is 0 Å². The summed E-state index contributed by atoms with van der Waals surface area (Å²) in [7, 11) is 0.